The van der Waals surface area contributed by atoms with Crippen molar-refractivity contribution in [3.8, 4) is 22.9 Å². The quantitative estimate of drug-likeness (QED) is 0.821. The zero-order valence-corrected chi connectivity index (χ0v) is 11.9. The Hall–Kier alpha value is -2.27. The third kappa shape index (κ3) is 2.01. The minimum absolute atomic E-state index is 0.247. The Morgan fingerprint density at radius 1 is 1.10 bits per heavy atom. The molecular formula is C19H17NO. The predicted molar refractivity (Wildman–Crippen MR) is 82.2 cm³/mol. The summed E-state index contributed by atoms with van der Waals surface area (Å²) in [4.78, 5) is 0. The van der Waals surface area contributed by atoms with Crippen LogP contribution in [0.2, 0.25) is 0 Å². The second kappa shape index (κ2) is 4.63. The molecule has 2 aromatic rings. The highest BCUT2D eigenvalue weighted by molar-refractivity contribution is 5.72. The molecule has 21 heavy (non-hydrogen) atoms. The summed E-state index contributed by atoms with van der Waals surface area (Å²) in [6.07, 6.45) is 4.12. The second-order valence-corrected chi connectivity index (χ2v) is 6.01. The Labute approximate surface area is 125 Å². The summed E-state index contributed by atoms with van der Waals surface area (Å²) in [7, 11) is 0. The highest BCUT2D eigenvalue weighted by atomic mass is 16.5. The van der Waals surface area contributed by atoms with E-state index >= 15 is 0 Å². The number of nitrogens with zero attached hydrogens (tertiary/aromatic N) is 1. The van der Waals surface area contributed by atoms with Crippen LogP contribution in [0.4, 0.5) is 0 Å². The van der Waals surface area contributed by atoms with E-state index in [0.717, 1.165) is 38.0 Å². The molecule has 1 saturated carbocycles. The molecule has 0 saturated heterocycles. The van der Waals surface area contributed by atoms with Crippen LogP contribution in [0, 0.1) is 11.3 Å². The number of fused-ring (bicyclic) bond motifs is 1. The zero-order valence-electron chi connectivity index (χ0n) is 11.9. The lowest BCUT2D eigenvalue weighted by Crippen LogP contribution is -2.09. The predicted octanol–water partition coefficient (Wildman–Crippen LogP) is 4.23. The van der Waals surface area contributed by atoms with Gasteiger partial charge in [-0.15, -0.1) is 0 Å². The standard InChI is InChI=1S/C19H17NO/c20-13-19(9-10-19)17-6-2-1-5-16(17)14-7-8-18-15(12-14)4-3-11-21-18/h1-2,5-8,12H,3-4,9-11H2. The first-order valence-corrected chi connectivity index (χ1v) is 7.59. The molecule has 0 atom stereocenters. The van der Waals surface area contributed by atoms with Gasteiger partial charge < -0.3 is 4.74 Å². The fourth-order valence-corrected chi connectivity index (χ4v) is 3.25. The van der Waals surface area contributed by atoms with Gasteiger partial charge >= 0.3 is 0 Å². The number of ether oxygens (including phenoxy) is 1. The number of hydrogen-bond acceptors (Lipinski definition) is 2. The molecule has 2 aliphatic rings. The molecule has 0 unspecified atom stereocenters. The Morgan fingerprint density at radius 3 is 2.76 bits per heavy atom. The smallest absolute Gasteiger partial charge is 0.122 e. The molecule has 0 N–H and O–H groups in total. The van der Waals surface area contributed by atoms with Gasteiger partial charge in [-0.25, -0.2) is 0 Å². The van der Waals surface area contributed by atoms with Crippen LogP contribution >= 0.6 is 0 Å². The van der Waals surface area contributed by atoms with Crippen LogP contribution in [-0.4, -0.2) is 6.61 Å². The molecule has 2 heteroatoms. The highest BCUT2D eigenvalue weighted by Gasteiger charge is 2.46. The first-order valence-electron chi connectivity index (χ1n) is 7.59. The maximum absolute atomic E-state index is 9.50. The van der Waals surface area contributed by atoms with Crippen molar-refractivity contribution in [2.75, 3.05) is 6.61 Å². The summed E-state index contributed by atoms with van der Waals surface area (Å²) >= 11 is 0. The number of aryl methyl sites for hydroxylation is 1. The zero-order chi connectivity index (χ0) is 14.3. The molecule has 2 nitrogen and oxygen atoms in total. The molecule has 0 radical (unpaired) electrons. The third-order valence-corrected chi connectivity index (χ3v) is 4.63. The lowest BCUT2D eigenvalue weighted by molar-refractivity contribution is 0.288. The topological polar surface area (TPSA) is 33.0 Å². The normalized spacial score (nSPS) is 18.2. The first kappa shape index (κ1) is 12.5. The van der Waals surface area contributed by atoms with E-state index in [-0.39, 0.29) is 5.41 Å². The average Bonchev–Trinajstić information content (AvgIpc) is 3.36. The number of benzene rings is 2. The van der Waals surface area contributed by atoms with Crippen molar-refractivity contribution in [3.05, 3.63) is 53.6 Å². The van der Waals surface area contributed by atoms with Crippen LogP contribution in [0.5, 0.6) is 5.75 Å². The Kier molecular flexibility index (Phi) is 2.75. The van der Waals surface area contributed by atoms with E-state index in [9.17, 15) is 5.26 Å². The van der Waals surface area contributed by atoms with E-state index in [1.165, 1.54) is 22.3 Å². The number of rotatable bonds is 2. The van der Waals surface area contributed by atoms with E-state index in [1.54, 1.807) is 0 Å². The summed E-state index contributed by atoms with van der Waals surface area (Å²) in [5, 5.41) is 9.50. The van der Waals surface area contributed by atoms with Gasteiger partial charge in [0, 0.05) is 0 Å². The molecule has 0 amide bonds. The summed E-state index contributed by atoms with van der Waals surface area (Å²) in [6.45, 7) is 0.820. The highest BCUT2D eigenvalue weighted by Crippen LogP contribution is 2.50. The van der Waals surface area contributed by atoms with Crippen LogP contribution in [-0.2, 0) is 11.8 Å². The van der Waals surface area contributed by atoms with Crippen molar-refractivity contribution < 1.29 is 4.74 Å². The van der Waals surface area contributed by atoms with Crippen LogP contribution in [0.15, 0.2) is 42.5 Å². The van der Waals surface area contributed by atoms with Crippen molar-refractivity contribution in [1.82, 2.24) is 0 Å². The van der Waals surface area contributed by atoms with Crippen LogP contribution in [0.25, 0.3) is 11.1 Å². The average molecular weight is 275 g/mol. The molecule has 1 heterocycles. The van der Waals surface area contributed by atoms with E-state index in [2.05, 4.69) is 42.5 Å². The first-order chi connectivity index (χ1) is 10.3. The van der Waals surface area contributed by atoms with Gasteiger partial charge in [-0.1, -0.05) is 30.3 Å². The van der Waals surface area contributed by atoms with Crippen LogP contribution < -0.4 is 4.74 Å². The van der Waals surface area contributed by atoms with Gasteiger partial charge in [-0.3, -0.25) is 0 Å². The van der Waals surface area contributed by atoms with E-state index in [0.29, 0.717) is 0 Å². The molecule has 0 aromatic heterocycles. The van der Waals surface area contributed by atoms with Gasteiger partial charge in [0.2, 0.25) is 0 Å². The summed E-state index contributed by atoms with van der Waals surface area (Å²) in [6, 6.07) is 17.3. The van der Waals surface area contributed by atoms with E-state index in [1.807, 2.05) is 6.07 Å². The Balaban J connectivity index is 1.83. The fourth-order valence-electron chi connectivity index (χ4n) is 3.25. The Bertz CT molecular complexity index is 737. The molecule has 0 spiro atoms. The van der Waals surface area contributed by atoms with Crippen LogP contribution in [0.3, 0.4) is 0 Å². The van der Waals surface area contributed by atoms with E-state index in [4.69, 9.17) is 4.74 Å². The maximum atomic E-state index is 9.50. The lowest BCUT2D eigenvalue weighted by Gasteiger charge is -2.19. The largest absolute Gasteiger partial charge is 0.493 e. The summed E-state index contributed by atoms with van der Waals surface area (Å²) < 4.78 is 5.69. The van der Waals surface area contributed by atoms with Gasteiger partial charge in [-0.2, -0.15) is 5.26 Å². The van der Waals surface area contributed by atoms with Crippen LogP contribution in [0.1, 0.15) is 30.4 Å². The van der Waals surface area contributed by atoms with Gasteiger partial charge in [0.25, 0.3) is 0 Å². The molecule has 0 bridgehead atoms. The lowest BCUT2D eigenvalue weighted by atomic mass is 9.88. The minimum atomic E-state index is -0.247. The minimum Gasteiger partial charge on any atom is -0.493 e. The Morgan fingerprint density at radius 2 is 1.95 bits per heavy atom. The van der Waals surface area contributed by atoms with Gasteiger partial charge in [0.05, 0.1) is 18.1 Å². The third-order valence-electron chi connectivity index (χ3n) is 4.63. The molecule has 2 aromatic carbocycles. The monoisotopic (exact) mass is 275 g/mol. The molecule has 1 aliphatic carbocycles. The van der Waals surface area contributed by atoms with Gasteiger partial charge in [0.15, 0.2) is 0 Å². The van der Waals surface area contributed by atoms with Crippen molar-refractivity contribution in [1.29, 1.82) is 5.26 Å². The van der Waals surface area contributed by atoms with Crippen molar-refractivity contribution in [2.45, 2.75) is 31.1 Å². The van der Waals surface area contributed by atoms with E-state index < -0.39 is 0 Å². The SMILES string of the molecule is N#CC1(c2ccccc2-c2ccc3c(c2)CCCO3)CC1. The number of hydrogen-bond donors (Lipinski definition) is 0. The molecule has 1 aliphatic heterocycles. The summed E-state index contributed by atoms with van der Waals surface area (Å²) in [5.74, 6) is 1.02. The number of nitriles is 1. The molecule has 104 valence electrons. The molecule has 4 rings (SSSR count). The van der Waals surface area contributed by atoms with Crippen molar-refractivity contribution in [3.63, 3.8) is 0 Å². The van der Waals surface area contributed by atoms with Gasteiger partial charge in [0.1, 0.15) is 5.75 Å². The van der Waals surface area contributed by atoms with Gasteiger partial charge in [-0.05, 0) is 60.1 Å². The maximum Gasteiger partial charge on any atom is 0.122 e. The van der Waals surface area contributed by atoms with Crippen molar-refractivity contribution >= 4 is 0 Å². The van der Waals surface area contributed by atoms with Crippen molar-refractivity contribution in [2.24, 2.45) is 0 Å². The second-order valence-electron chi connectivity index (χ2n) is 6.01. The molecule has 1 fully saturated rings. The molecular weight excluding hydrogens is 258 g/mol. The summed E-state index contributed by atoms with van der Waals surface area (Å²) in [5.41, 5.74) is 4.63. The fraction of sp³-hybridized carbons (Fsp3) is 0.316.